The highest BCUT2D eigenvalue weighted by molar-refractivity contribution is 5.73. The first kappa shape index (κ1) is 11.9. The summed E-state index contributed by atoms with van der Waals surface area (Å²) in [6.45, 7) is 1.46. The second-order valence-corrected chi connectivity index (χ2v) is 4.24. The predicted octanol–water partition coefficient (Wildman–Crippen LogP) is 1.76. The molecule has 17 heavy (non-hydrogen) atoms. The fourth-order valence-electron chi connectivity index (χ4n) is 2.10. The Bertz CT molecular complexity index is 360. The van der Waals surface area contributed by atoms with Crippen LogP contribution in [-0.4, -0.2) is 36.9 Å². The zero-order valence-electron chi connectivity index (χ0n) is 9.71. The quantitative estimate of drug-likeness (QED) is 0.844. The van der Waals surface area contributed by atoms with Gasteiger partial charge in [0.1, 0.15) is 6.54 Å². The molecule has 1 aromatic carbocycles. The summed E-state index contributed by atoms with van der Waals surface area (Å²) < 4.78 is 5.55. The van der Waals surface area contributed by atoms with Crippen molar-refractivity contribution in [2.75, 3.05) is 24.6 Å². The van der Waals surface area contributed by atoms with E-state index in [4.69, 9.17) is 9.84 Å². The Balaban J connectivity index is 2.04. The Hall–Kier alpha value is -1.55. The van der Waals surface area contributed by atoms with Gasteiger partial charge in [-0.2, -0.15) is 0 Å². The zero-order chi connectivity index (χ0) is 12.1. The molecule has 1 fully saturated rings. The molecule has 1 N–H and O–H groups in total. The highest BCUT2D eigenvalue weighted by Crippen LogP contribution is 2.18. The number of carboxylic acids is 1. The number of aliphatic carboxylic acids is 1. The van der Waals surface area contributed by atoms with Crippen molar-refractivity contribution < 1.29 is 14.6 Å². The van der Waals surface area contributed by atoms with Gasteiger partial charge in [0, 0.05) is 18.8 Å². The van der Waals surface area contributed by atoms with E-state index < -0.39 is 5.97 Å². The smallest absolute Gasteiger partial charge is 0.323 e. The number of nitrogens with zero attached hydrogens (tertiary/aromatic N) is 1. The Morgan fingerprint density at radius 3 is 2.76 bits per heavy atom. The second kappa shape index (κ2) is 5.68. The molecule has 0 radical (unpaired) electrons. The third kappa shape index (κ3) is 3.46. The van der Waals surface area contributed by atoms with Gasteiger partial charge in [-0.1, -0.05) is 18.2 Å². The number of carbonyl (C=O) groups is 1. The van der Waals surface area contributed by atoms with Gasteiger partial charge in [-0.25, -0.2) is 0 Å². The van der Waals surface area contributed by atoms with Gasteiger partial charge < -0.3 is 14.7 Å². The number of benzene rings is 1. The highest BCUT2D eigenvalue weighted by atomic mass is 16.5. The van der Waals surface area contributed by atoms with Gasteiger partial charge >= 0.3 is 5.97 Å². The van der Waals surface area contributed by atoms with Gasteiger partial charge in [0.25, 0.3) is 0 Å². The van der Waals surface area contributed by atoms with Crippen molar-refractivity contribution in [3.8, 4) is 0 Å². The van der Waals surface area contributed by atoms with Crippen LogP contribution in [0.1, 0.15) is 12.8 Å². The van der Waals surface area contributed by atoms with E-state index in [1.165, 1.54) is 0 Å². The molecule has 2 rings (SSSR count). The SMILES string of the molecule is O=C(O)CN(CC1CCCO1)c1ccccc1. The van der Waals surface area contributed by atoms with Crippen LogP contribution in [0.4, 0.5) is 5.69 Å². The van der Waals surface area contributed by atoms with Crippen LogP contribution in [0.15, 0.2) is 30.3 Å². The minimum Gasteiger partial charge on any atom is -0.480 e. The lowest BCUT2D eigenvalue weighted by atomic mass is 10.2. The van der Waals surface area contributed by atoms with E-state index in [2.05, 4.69) is 0 Å². The monoisotopic (exact) mass is 235 g/mol. The van der Waals surface area contributed by atoms with Gasteiger partial charge in [-0.3, -0.25) is 4.79 Å². The molecule has 92 valence electrons. The summed E-state index contributed by atoms with van der Waals surface area (Å²) in [6.07, 6.45) is 2.25. The summed E-state index contributed by atoms with van der Waals surface area (Å²) in [6, 6.07) is 9.61. The van der Waals surface area contributed by atoms with Crippen molar-refractivity contribution in [2.24, 2.45) is 0 Å². The first-order valence-corrected chi connectivity index (χ1v) is 5.89. The third-order valence-electron chi connectivity index (χ3n) is 2.90. The minimum atomic E-state index is -0.813. The van der Waals surface area contributed by atoms with Gasteiger partial charge in [0.05, 0.1) is 6.10 Å². The molecular formula is C13H17NO3. The van der Waals surface area contributed by atoms with Crippen LogP contribution < -0.4 is 4.90 Å². The number of hydrogen-bond donors (Lipinski definition) is 1. The topological polar surface area (TPSA) is 49.8 Å². The number of ether oxygens (including phenoxy) is 1. The van der Waals surface area contributed by atoms with Crippen LogP contribution in [0, 0.1) is 0 Å². The molecule has 1 heterocycles. The van der Waals surface area contributed by atoms with E-state index in [0.717, 1.165) is 25.1 Å². The van der Waals surface area contributed by atoms with Crippen LogP contribution in [0.5, 0.6) is 0 Å². The number of anilines is 1. The summed E-state index contributed by atoms with van der Waals surface area (Å²) in [7, 11) is 0. The molecule has 1 saturated heterocycles. The van der Waals surface area contributed by atoms with Crippen LogP contribution in [0.2, 0.25) is 0 Å². The van der Waals surface area contributed by atoms with Crippen molar-refractivity contribution >= 4 is 11.7 Å². The summed E-state index contributed by atoms with van der Waals surface area (Å²) in [5.74, 6) is -0.813. The molecule has 1 aliphatic rings. The second-order valence-electron chi connectivity index (χ2n) is 4.24. The van der Waals surface area contributed by atoms with Crippen LogP contribution in [0.3, 0.4) is 0 Å². The van der Waals surface area contributed by atoms with E-state index in [1.54, 1.807) is 0 Å². The lowest BCUT2D eigenvalue weighted by Crippen LogP contribution is -2.36. The van der Waals surface area contributed by atoms with Gasteiger partial charge in [-0.15, -0.1) is 0 Å². The Kier molecular flexibility index (Phi) is 3.98. The molecule has 0 aromatic heterocycles. The molecular weight excluding hydrogens is 218 g/mol. The number of rotatable bonds is 5. The predicted molar refractivity (Wildman–Crippen MR) is 65.3 cm³/mol. The van der Waals surface area contributed by atoms with Crippen LogP contribution >= 0.6 is 0 Å². The fourth-order valence-corrected chi connectivity index (χ4v) is 2.10. The van der Waals surface area contributed by atoms with Crippen molar-refractivity contribution in [1.29, 1.82) is 0 Å². The van der Waals surface area contributed by atoms with Crippen LogP contribution in [0.25, 0.3) is 0 Å². The van der Waals surface area contributed by atoms with Crippen LogP contribution in [-0.2, 0) is 9.53 Å². The zero-order valence-corrected chi connectivity index (χ0v) is 9.71. The lowest BCUT2D eigenvalue weighted by Gasteiger charge is -2.25. The molecule has 0 aliphatic carbocycles. The molecule has 4 nitrogen and oxygen atoms in total. The minimum absolute atomic E-state index is 0.0177. The van der Waals surface area contributed by atoms with Crippen molar-refractivity contribution in [3.05, 3.63) is 30.3 Å². The summed E-state index contributed by atoms with van der Waals surface area (Å²) >= 11 is 0. The Morgan fingerprint density at radius 1 is 1.41 bits per heavy atom. The number of carboxylic acid groups (broad SMARTS) is 1. The summed E-state index contributed by atoms with van der Waals surface area (Å²) in [5, 5.41) is 8.94. The Morgan fingerprint density at radius 2 is 2.18 bits per heavy atom. The first-order chi connectivity index (χ1) is 8.25. The average Bonchev–Trinajstić information content (AvgIpc) is 2.82. The molecule has 1 atom stereocenters. The van der Waals surface area contributed by atoms with Crippen molar-refractivity contribution in [2.45, 2.75) is 18.9 Å². The molecule has 0 saturated carbocycles. The molecule has 0 bridgehead atoms. The molecule has 1 unspecified atom stereocenters. The fraction of sp³-hybridized carbons (Fsp3) is 0.462. The first-order valence-electron chi connectivity index (χ1n) is 5.89. The summed E-state index contributed by atoms with van der Waals surface area (Å²) in [5.41, 5.74) is 0.936. The average molecular weight is 235 g/mol. The van der Waals surface area contributed by atoms with E-state index in [-0.39, 0.29) is 12.6 Å². The molecule has 4 heteroatoms. The standard InChI is InChI=1S/C13H17NO3/c15-13(16)10-14(9-12-7-4-8-17-12)11-5-2-1-3-6-11/h1-3,5-6,12H,4,7-10H2,(H,15,16). The van der Waals surface area contributed by atoms with E-state index in [9.17, 15) is 4.79 Å². The van der Waals surface area contributed by atoms with Crippen molar-refractivity contribution in [3.63, 3.8) is 0 Å². The third-order valence-corrected chi connectivity index (χ3v) is 2.90. The maximum atomic E-state index is 10.9. The summed E-state index contributed by atoms with van der Waals surface area (Å²) in [4.78, 5) is 12.7. The maximum absolute atomic E-state index is 10.9. The number of hydrogen-bond acceptors (Lipinski definition) is 3. The lowest BCUT2D eigenvalue weighted by molar-refractivity contribution is -0.135. The van der Waals surface area contributed by atoms with E-state index in [0.29, 0.717) is 6.54 Å². The Labute approximate surface area is 101 Å². The van der Waals surface area contributed by atoms with E-state index in [1.807, 2.05) is 35.2 Å². The molecule has 0 amide bonds. The number of para-hydroxylation sites is 1. The van der Waals surface area contributed by atoms with Gasteiger partial charge in [0.15, 0.2) is 0 Å². The van der Waals surface area contributed by atoms with Gasteiger partial charge in [-0.05, 0) is 25.0 Å². The maximum Gasteiger partial charge on any atom is 0.323 e. The molecule has 1 aliphatic heterocycles. The van der Waals surface area contributed by atoms with Gasteiger partial charge in [0.2, 0.25) is 0 Å². The normalized spacial score (nSPS) is 19.2. The highest BCUT2D eigenvalue weighted by Gasteiger charge is 2.20. The molecule has 0 spiro atoms. The molecule has 1 aromatic rings. The largest absolute Gasteiger partial charge is 0.480 e. The van der Waals surface area contributed by atoms with E-state index >= 15 is 0 Å². The van der Waals surface area contributed by atoms with Crippen molar-refractivity contribution in [1.82, 2.24) is 0 Å².